The predicted octanol–water partition coefficient (Wildman–Crippen LogP) is 2.25. The molecule has 2 aliphatic rings. The molecule has 0 bridgehead atoms. The smallest absolute Gasteiger partial charge is 0.0618 e. The summed E-state index contributed by atoms with van der Waals surface area (Å²) in [6, 6.07) is 0.599. The molecular weight excluding hydrogens is 224 g/mol. The van der Waals surface area contributed by atoms with Crippen molar-refractivity contribution >= 4 is 0 Å². The second-order valence-electron chi connectivity index (χ2n) is 6.13. The molecule has 1 aliphatic carbocycles. The average molecular weight is 254 g/mol. The molecule has 1 heterocycles. The number of likely N-dealkylation sites (tertiary alicyclic amines) is 1. The van der Waals surface area contributed by atoms with Gasteiger partial charge in [0.1, 0.15) is 0 Å². The third kappa shape index (κ3) is 3.69. The molecular formula is C15H30N2O. The van der Waals surface area contributed by atoms with Gasteiger partial charge in [-0.25, -0.2) is 0 Å². The lowest BCUT2D eigenvalue weighted by atomic mass is 9.75. The summed E-state index contributed by atoms with van der Waals surface area (Å²) >= 11 is 0. The molecule has 2 fully saturated rings. The fourth-order valence-electron chi connectivity index (χ4n) is 3.88. The van der Waals surface area contributed by atoms with Crippen LogP contribution in [-0.4, -0.2) is 44.3 Å². The Bertz CT molecular complexity index is 235. The molecule has 0 aromatic carbocycles. The molecule has 1 aliphatic heterocycles. The van der Waals surface area contributed by atoms with Gasteiger partial charge >= 0.3 is 0 Å². The van der Waals surface area contributed by atoms with E-state index in [0.29, 0.717) is 6.04 Å². The zero-order valence-corrected chi connectivity index (χ0v) is 11.9. The number of hydrogen-bond donors (Lipinski definition) is 1. The van der Waals surface area contributed by atoms with Crippen molar-refractivity contribution in [3.8, 4) is 0 Å². The number of piperidine rings is 1. The summed E-state index contributed by atoms with van der Waals surface area (Å²) in [5.74, 6) is 1.98. The van der Waals surface area contributed by atoms with E-state index in [1.54, 1.807) is 0 Å². The Hall–Kier alpha value is -0.120. The lowest BCUT2D eigenvalue weighted by Gasteiger charge is -2.44. The predicted molar refractivity (Wildman–Crippen MR) is 75.6 cm³/mol. The van der Waals surface area contributed by atoms with Crippen LogP contribution in [0.2, 0.25) is 0 Å². The normalized spacial score (nSPS) is 31.0. The summed E-state index contributed by atoms with van der Waals surface area (Å²) in [5, 5.41) is 0. The van der Waals surface area contributed by atoms with Crippen LogP contribution in [0.25, 0.3) is 0 Å². The number of nitrogens with two attached hydrogens (primary N) is 1. The van der Waals surface area contributed by atoms with Gasteiger partial charge < -0.3 is 10.5 Å². The fourth-order valence-corrected chi connectivity index (χ4v) is 3.88. The van der Waals surface area contributed by atoms with Gasteiger partial charge in [0, 0.05) is 19.7 Å². The molecule has 0 spiro atoms. The molecule has 3 atom stereocenters. The molecule has 2 N–H and O–H groups in total. The number of rotatable bonds is 6. The third-order valence-electron chi connectivity index (χ3n) is 4.94. The van der Waals surface area contributed by atoms with Crippen LogP contribution < -0.4 is 5.73 Å². The Balaban J connectivity index is 1.86. The minimum atomic E-state index is 0.599. The second-order valence-corrected chi connectivity index (χ2v) is 6.13. The van der Waals surface area contributed by atoms with Gasteiger partial charge in [-0.1, -0.05) is 19.3 Å². The summed E-state index contributed by atoms with van der Waals surface area (Å²) < 4.78 is 5.41. The van der Waals surface area contributed by atoms with E-state index in [9.17, 15) is 0 Å². The Labute approximate surface area is 112 Å². The first kappa shape index (κ1) is 14.3. The molecule has 0 aromatic heterocycles. The SMILES string of the molecule is COCC(CCCN)N1CCC2CCCCC2C1. The first-order chi connectivity index (χ1) is 8.85. The summed E-state index contributed by atoms with van der Waals surface area (Å²) in [4.78, 5) is 2.69. The zero-order valence-electron chi connectivity index (χ0n) is 11.9. The number of fused-ring (bicyclic) bond motifs is 1. The Morgan fingerprint density at radius 2 is 2.00 bits per heavy atom. The molecule has 2 rings (SSSR count). The van der Waals surface area contributed by atoms with E-state index in [4.69, 9.17) is 10.5 Å². The Morgan fingerprint density at radius 3 is 2.72 bits per heavy atom. The van der Waals surface area contributed by atoms with E-state index in [2.05, 4.69) is 4.90 Å². The lowest BCUT2D eigenvalue weighted by molar-refractivity contribution is 0.0208. The van der Waals surface area contributed by atoms with Crippen molar-refractivity contribution < 1.29 is 4.74 Å². The van der Waals surface area contributed by atoms with E-state index in [-0.39, 0.29) is 0 Å². The van der Waals surface area contributed by atoms with Crippen molar-refractivity contribution in [3.05, 3.63) is 0 Å². The van der Waals surface area contributed by atoms with Crippen molar-refractivity contribution in [3.63, 3.8) is 0 Å². The molecule has 3 nitrogen and oxygen atoms in total. The molecule has 0 radical (unpaired) electrons. The quantitative estimate of drug-likeness (QED) is 0.790. The van der Waals surface area contributed by atoms with E-state index in [0.717, 1.165) is 31.4 Å². The minimum absolute atomic E-state index is 0.599. The summed E-state index contributed by atoms with van der Waals surface area (Å²) in [6.45, 7) is 4.26. The maximum absolute atomic E-state index is 5.65. The van der Waals surface area contributed by atoms with Crippen LogP contribution in [0.5, 0.6) is 0 Å². The van der Waals surface area contributed by atoms with E-state index >= 15 is 0 Å². The first-order valence-electron chi connectivity index (χ1n) is 7.78. The van der Waals surface area contributed by atoms with Crippen LogP contribution >= 0.6 is 0 Å². The van der Waals surface area contributed by atoms with E-state index < -0.39 is 0 Å². The zero-order chi connectivity index (χ0) is 12.8. The number of methoxy groups -OCH3 is 1. The van der Waals surface area contributed by atoms with Gasteiger partial charge in [-0.3, -0.25) is 4.90 Å². The van der Waals surface area contributed by atoms with Crippen LogP contribution in [0.1, 0.15) is 44.9 Å². The molecule has 106 valence electrons. The van der Waals surface area contributed by atoms with Crippen molar-refractivity contribution in [2.75, 3.05) is 33.4 Å². The molecule has 18 heavy (non-hydrogen) atoms. The fraction of sp³-hybridized carbons (Fsp3) is 1.00. The van der Waals surface area contributed by atoms with Crippen LogP contribution in [0, 0.1) is 11.8 Å². The second kappa shape index (κ2) is 7.46. The van der Waals surface area contributed by atoms with Gasteiger partial charge in [0.2, 0.25) is 0 Å². The standard InChI is InChI=1S/C15H30N2O/c1-18-12-15(7-4-9-16)17-10-8-13-5-2-3-6-14(13)11-17/h13-15H,2-12,16H2,1H3. The van der Waals surface area contributed by atoms with Gasteiger partial charge in [0.25, 0.3) is 0 Å². The van der Waals surface area contributed by atoms with Crippen LogP contribution in [0.3, 0.4) is 0 Å². The van der Waals surface area contributed by atoms with Crippen LogP contribution in [-0.2, 0) is 4.74 Å². The van der Waals surface area contributed by atoms with E-state index in [1.807, 2.05) is 7.11 Å². The van der Waals surface area contributed by atoms with Gasteiger partial charge in [-0.2, -0.15) is 0 Å². The first-order valence-corrected chi connectivity index (χ1v) is 7.78. The van der Waals surface area contributed by atoms with E-state index in [1.165, 1.54) is 51.6 Å². The number of nitrogens with zero attached hydrogens (tertiary/aromatic N) is 1. The summed E-state index contributed by atoms with van der Waals surface area (Å²) in [7, 11) is 1.82. The summed E-state index contributed by atoms with van der Waals surface area (Å²) in [6.07, 6.45) is 9.59. The highest BCUT2D eigenvalue weighted by molar-refractivity contribution is 4.86. The van der Waals surface area contributed by atoms with Gasteiger partial charge in [0.15, 0.2) is 0 Å². The highest BCUT2D eigenvalue weighted by atomic mass is 16.5. The summed E-state index contributed by atoms with van der Waals surface area (Å²) in [5.41, 5.74) is 5.65. The van der Waals surface area contributed by atoms with Crippen LogP contribution in [0.4, 0.5) is 0 Å². The van der Waals surface area contributed by atoms with Gasteiger partial charge in [-0.15, -0.1) is 0 Å². The minimum Gasteiger partial charge on any atom is -0.383 e. The largest absolute Gasteiger partial charge is 0.383 e. The Kier molecular flexibility index (Phi) is 5.93. The monoisotopic (exact) mass is 254 g/mol. The average Bonchev–Trinajstić information content (AvgIpc) is 2.43. The van der Waals surface area contributed by atoms with Gasteiger partial charge in [-0.05, 0) is 50.6 Å². The number of hydrogen-bond acceptors (Lipinski definition) is 3. The number of ether oxygens (including phenoxy) is 1. The van der Waals surface area contributed by atoms with Crippen molar-refractivity contribution in [2.45, 2.75) is 51.0 Å². The lowest BCUT2D eigenvalue weighted by Crippen LogP contribution is -2.48. The van der Waals surface area contributed by atoms with Gasteiger partial charge in [0.05, 0.1) is 6.61 Å². The molecule has 3 heteroatoms. The highest BCUT2D eigenvalue weighted by Crippen LogP contribution is 2.36. The van der Waals surface area contributed by atoms with Crippen molar-refractivity contribution in [2.24, 2.45) is 17.6 Å². The molecule has 1 saturated heterocycles. The van der Waals surface area contributed by atoms with Crippen molar-refractivity contribution in [1.82, 2.24) is 4.90 Å². The highest BCUT2D eigenvalue weighted by Gasteiger charge is 2.33. The van der Waals surface area contributed by atoms with Crippen molar-refractivity contribution in [1.29, 1.82) is 0 Å². The molecule has 1 saturated carbocycles. The third-order valence-corrected chi connectivity index (χ3v) is 4.94. The maximum Gasteiger partial charge on any atom is 0.0618 e. The Morgan fingerprint density at radius 1 is 1.22 bits per heavy atom. The topological polar surface area (TPSA) is 38.5 Å². The molecule has 0 amide bonds. The molecule has 0 aromatic rings. The van der Waals surface area contributed by atoms with Crippen LogP contribution in [0.15, 0.2) is 0 Å². The maximum atomic E-state index is 5.65. The molecule has 3 unspecified atom stereocenters.